The molecule has 1 saturated carbocycles. The van der Waals surface area contributed by atoms with Crippen LogP contribution in [0.2, 0.25) is 0 Å². The first-order valence-corrected chi connectivity index (χ1v) is 8.83. The molecule has 2 rings (SSSR count). The summed E-state index contributed by atoms with van der Waals surface area (Å²) >= 11 is 0. The molecule has 1 aromatic rings. The molecule has 0 amide bonds. The van der Waals surface area contributed by atoms with Gasteiger partial charge in [-0.1, -0.05) is 36.8 Å². The minimum absolute atomic E-state index is 0.0703. The molecule has 0 spiro atoms. The number of hydrogen-bond acceptors (Lipinski definition) is 3. The molecule has 0 aromatic heterocycles. The van der Waals surface area contributed by atoms with Crippen LogP contribution in [0, 0.1) is 5.92 Å². The van der Waals surface area contributed by atoms with Crippen LogP contribution in [0.15, 0.2) is 30.3 Å². The molecule has 0 radical (unpaired) electrons. The highest BCUT2D eigenvalue weighted by molar-refractivity contribution is 7.87. The molecule has 1 aromatic carbocycles. The lowest BCUT2D eigenvalue weighted by Crippen LogP contribution is -2.45. The first-order valence-electron chi connectivity index (χ1n) is 7.39. The van der Waals surface area contributed by atoms with E-state index in [0.717, 1.165) is 31.2 Å². The van der Waals surface area contributed by atoms with Crippen LogP contribution < -0.4 is 4.72 Å². The van der Waals surface area contributed by atoms with Gasteiger partial charge >= 0.3 is 0 Å². The third-order valence-electron chi connectivity index (χ3n) is 4.01. The first kappa shape index (κ1) is 16.4. The van der Waals surface area contributed by atoms with Gasteiger partial charge in [-0.2, -0.15) is 17.4 Å². The quantitative estimate of drug-likeness (QED) is 0.836. The van der Waals surface area contributed by atoms with Gasteiger partial charge in [0.2, 0.25) is 0 Å². The van der Waals surface area contributed by atoms with Crippen molar-refractivity contribution in [2.24, 2.45) is 5.92 Å². The molecule has 118 valence electrons. The fourth-order valence-corrected chi connectivity index (χ4v) is 3.92. The summed E-state index contributed by atoms with van der Waals surface area (Å²) < 4.78 is 28.8. The van der Waals surface area contributed by atoms with Crippen molar-refractivity contribution in [2.45, 2.75) is 38.3 Å². The minimum atomic E-state index is -3.49. The lowest BCUT2D eigenvalue weighted by atomic mass is 9.87. The summed E-state index contributed by atoms with van der Waals surface area (Å²) in [5, 5.41) is 9.22. The van der Waals surface area contributed by atoms with Crippen molar-refractivity contribution in [1.82, 2.24) is 9.03 Å². The summed E-state index contributed by atoms with van der Waals surface area (Å²) in [4.78, 5) is 0. The number of benzene rings is 1. The van der Waals surface area contributed by atoms with E-state index in [-0.39, 0.29) is 18.6 Å². The zero-order chi connectivity index (χ0) is 15.3. The highest BCUT2D eigenvalue weighted by Crippen LogP contribution is 2.24. The lowest BCUT2D eigenvalue weighted by Gasteiger charge is -2.30. The molecule has 0 heterocycles. The molecule has 2 atom stereocenters. The Hall–Kier alpha value is -0.950. The fraction of sp³-hybridized carbons (Fsp3) is 0.600. The van der Waals surface area contributed by atoms with Crippen LogP contribution in [-0.4, -0.2) is 37.5 Å². The Morgan fingerprint density at radius 2 is 2.00 bits per heavy atom. The second-order valence-electron chi connectivity index (χ2n) is 5.78. The number of aliphatic hydroxyl groups is 1. The molecule has 21 heavy (non-hydrogen) atoms. The number of nitrogens with zero attached hydrogens (tertiary/aromatic N) is 1. The lowest BCUT2D eigenvalue weighted by molar-refractivity contribution is 0.176. The van der Waals surface area contributed by atoms with E-state index < -0.39 is 10.2 Å². The topological polar surface area (TPSA) is 69.6 Å². The molecule has 0 saturated heterocycles. The van der Waals surface area contributed by atoms with Crippen molar-refractivity contribution in [1.29, 1.82) is 0 Å². The zero-order valence-corrected chi connectivity index (χ0v) is 13.2. The summed E-state index contributed by atoms with van der Waals surface area (Å²) in [5.41, 5.74) is 0.960. The van der Waals surface area contributed by atoms with Gasteiger partial charge in [0.15, 0.2) is 0 Å². The summed E-state index contributed by atoms with van der Waals surface area (Å²) in [6.45, 7) is 0.490. The summed E-state index contributed by atoms with van der Waals surface area (Å²) in [6.07, 6.45) is 3.50. The first-order chi connectivity index (χ1) is 10.0. The molecular formula is C15H24N2O3S. The van der Waals surface area contributed by atoms with Crippen LogP contribution >= 0.6 is 0 Å². The van der Waals surface area contributed by atoms with Gasteiger partial charge in [-0.25, -0.2) is 0 Å². The monoisotopic (exact) mass is 312 g/mol. The molecule has 6 heteroatoms. The van der Waals surface area contributed by atoms with Crippen molar-refractivity contribution in [3.05, 3.63) is 35.9 Å². The smallest absolute Gasteiger partial charge is 0.279 e. The Bertz CT molecular complexity index is 533. The second-order valence-corrected chi connectivity index (χ2v) is 7.59. The van der Waals surface area contributed by atoms with Gasteiger partial charge in [-0.3, -0.25) is 0 Å². The largest absolute Gasteiger partial charge is 0.396 e. The summed E-state index contributed by atoms with van der Waals surface area (Å²) in [6, 6.07) is 9.46. The Balaban J connectivity index is 1.94. The van der Waals surface area contributed by atoms with Gasteiger partial charge in [-0.05, 0) is 30.7 Å². The van der Waals surface area contributed by atoms with Crippen molar-refractivity contribution in [2.75, 3.05) is 13.7 Å². The van der Waals surface area contributed by atoms with Crippen molar-refractivity contribution >= 4 is 10.2 Å². The van der Waals surface area contributed by atoms with Crippen molar-refractivity contribution < 1.29 is 13.5 Å². The second kappa shape index (κ2) is 7.35. The highest BCUT2D eigenvalue weighted by Gasteiger charge is 2.27. The average molecular weight is 312 g/mol. The Kier molecular flexibility index (Phi) is 5.75. The highest BCUT2D eigenvalue weighted by atomic mass is 32.2. The standard InChI is InChI=1S/C15H24N2O3S/c1-17(11-13-6-3-2-4-7-13)21(19,20)16-15-9-5-8-14(10-15)12-18/h2-4,6-7,14-16,18H,5,8-12H2,1H3/t14-,15-/m1/s1. The van der Waals surface area contributed by atoms with E-state index in [9.17, 15) is 13.5 Å². The fourth-order valence-electron chi connectivity index (χ4n) is 2.79. The average Bonchev–Trinajstić information content (AvgIpc) is 2.48. The van der Waals surface area contributed by atoms with Gasteiger partial charge in [0, 0.05) is 26.2 Å². The van der Waals surface area contributed by atoms with Crippen LogP contribution in [0.3, 0.4) is 0 Å². The van der Waals surface area contributed by atoms with Crippen LogP contribution in [0.1, 0.15) is 31.2 Å². The molecule has 0 unspecified atom stereocenters. The van der Waals surface area contributed by atoms with E-state index in [2.05, 4.69) is 4.72 Å². The molecule has 1 aliphatic carbocycles. The molecule has 0 bridgehead atoms. The van der Waals surface area contributed by atoms with Gasteiger partial charge in [0.1, 0.15) is 0 Å². The molecule has 2 N–H and O–H groups in total. The predicted molar refractivity (Wildman–Crippen MR) is 82.8 cm³/mol. The van der Waals surface area contributed by atoms with E-state index in [1.165, 1.54) is 4.31 Å². The maximum absolute atomic E-state index is 12.4. The molecule has 1 aliphatic rings. The van der Waals surface area contributed by atoms with E-state index in [0.29, 0.717) is 6.54 Å². The predicted octanol–water partition coefficient (Wildman–Crippen LogP) is 1.50. The zero-order valence-electron chi connectivity index (χ0n) is 12.4. The van der Waals surface area contributed by atoms with Crippen LogP contribution in [-0.2, 0) is 16.8 Å². The number of nitrogens with one attached hydrogen (secondary N) is 1. The number of rotatable bonds is 6. The maximum atomic E-state index is 12.4. The maximum Gasteiger partial charge on any atom is 0.279 e. The van der Waals surface area contributed by atoms with Crippen molar-refractivity contribution in [3.8, 4) is 0 Å². The number of hydrogen-bond donors (Lipinski definition) is 2. The van der Waals surface area contributed by atoms with Gasteiger partial charge in [-0.15, -0.1) is 0 Å². The minimum Gasteiger partial charge on any atom is -0.396 e. The van der Waals surface area contributed by atoms with Crippen LogP contribution in [0.5, 0.6) is 0 Å². The van der Waals surface area contributed by atoms with E-state index >= 15 is 0 Å². The van der Waals surface area contributed by atoms with Gasteiger partial charge < -0.3 is 5.11 Å². The van der Waals surface area contributed by atoms with Gasteiger partial charge in [0.25, 0.3) is 10.2 Å². The Labute approximate surface area is 127 Å². The Morgan fingerprint density at radius 3 is 2.67 bits per heavy atom. The normalized spacial score (nSPS) is 23.4. The van der Waals surface area contributed by atoms with Crippen LogP contribution in [0.4, 0.5) is 0 Å². The van der Waals surface area contributed by atoms with Crippen LogP contribution in [0.25, 0.3) is 0 Å². The third-order valence-corrected chi connectivity index (χ3v) is 5.60. The van der Waals surface area contributed by atoms with Gasteiger partial charge in [0.05, 0.1) is 0 Å². The summed E-state index contributed by atoms with van der Waals surface area (Å²) in [7, 11) is -1.90. The Morgan fingerprint density at radius 1 is 1.29 bits per heavy atom. The molecular weight excluding hydrogens is 288 g/mol. The van der Waals surface area contributed by atoms with E-state index in [1.54, 1.807) is 7.05 Å². The van der Waals surface area contributed by atoms with E-state index in [1.807, 2.05) is 30.3 Å². The third kappa shape index (κ3) is 4.78. The molecule has 1 fully saturated rings. The van der Waals surface area contributed by atoms with E-state index in [4.69, 9.17) is 0 Å². The SMILES string of the molecule is CN(Cc1ccccc1)S(=O)(=O)N[C@@H]1CCC[C@@H](CO)C1. The molecule has 0 aliphatic heterocycles. The summed E-state index contributed by atoms with van der Waals surface area (Å²) in [5.74, 6) is 0.214. The molecule has 5 nitrogen and oxygen atoms in total. The number of aliphatic hydroxyl groups excluding tert-OH is 1. The van der Waals surface area contributed by atoms with Crippen molar-refractivity contribution in [3.63, 3.8) is 0 Å².